The van der Waals surface area contributed by atoms with E-state index in [9.17, 15) is 9.59 Å². The van der Waals surface area contributed by atoms with E-state index >= 15 is 0 Å². The molecule has 0 aromatic carbocycles. The maximum atomic E-state index is 12.1. The first-order valence-corrected chi connectivity index (χ1v) is 6.08. The van der Waals surface area contributed by atoms with Gasteiger partial charge in [0, 0.05) is 26.2 Å². The molecule has 0 aromatic heterocycles. The maximum absolute atomic E-state index is 12.1. The molecule has 2 amide bonds. The molecule has 1 fully saturated rings. The van der Waals surface area contributed by atoms with Gasteiger partial charge < -0.3 is 14.9 Å². The number of carboxylic acids is 1. The molecule has 6 heteroatoms. The van der Waals surface area contributed by atoms with Crippen LogP contribution in [-0.2, 0) is 4.79 Å². The second-order valence-corrected chi connectivity index (χ2v) is 4.74. The molecule has 0 heterocycles. The highest BCUT2D eigenvalue weighted by atomic mass is 16.4. The molecule has 0 aliphatic heterocycles. The number of hydrogen-bond donors (Lipinski definition) is 1. The summed E-state index contributed by atoms with van der Waals surface area (Å²) in [5.74, 6) is -1.50. The van der Waals surface area contributed by atoms with E-state index < -0.39 is 11.9 Å². The van der Waals surface area contributed by atoms with E-state index in [0.29, 0.717) is 13.0 Å². The highest BCUT2D eigenvalue weighted by molar-refractivity contribution is 5.76. The first-order valence-electron chi connectivity index (χ1n) is 6.08. The Labute approximate surface area is 107 Å². The van der Waals surface area contributed by atoms with Crippen molar-refractivity contribution in [2.45, 2.75) is 32.2 Å². The second-order valence-electron chi connectivity index (χ2n) is 4.74. The molecule has 1 saturated carbocycles. The fourth-order valence-corrected chi connectivity index (χ4v) is 1.78. The Hall–Kier alpha value is -1.77. The van der Waals surface area contributed by atoms with Gasteiger partial charge in [0.2, 0.25) is 0 Å². The molecule has 1 atom stereocenters. The van der Waals surface area contributed by atoms with Gasteiger partial charge in [-0.2, -0.15) is 5.26 Å². The number of carbonyl (C=O) groups is 2. The van der Waals surface area contributed by atoms with E-state index in [1.165, 1.54) is 4.90 Å². The van der Waals surface area contributed by atoms with Crippen LogP contribution >= 0.6 is 0 Å². The third-order valence-corrected chi connectivity index (χ3v) is 2.99. The van der Waals surface area contributed by atoms with Crippen molar-refractivity contribution in [1.29, 1.82) is 5.26 Å². The lowest BCUT2D eigenvalue weighted by Gasteiger charge is -2.28. The van der Waals surface area contributed by atoms with Crippen molar-refractivity contribution in [2.75, 3.05) is 20.1 Å². The average Bonchev–Trinajstić information content (AvgIpc) is 3.13. The quantitative estimate of drug-likeness (QED) is 0.769. The third-order valence-electron chi connectivity index (χ3n) is 2.99. The average molecular weight is 253 g/mol. The number of nitrogens with zero attached hydrogens (tertiary/aromatic N) is 3. The van der Waals surface area contributed by atoms with Crippen LogP contribution in [-0.4, -0.2) is 53.1 Å². The largest absolute Gasteiger partial charge is 0.481 e. The summed E-state index contributed by atoms with van der Waals surface area (Å²) in [5.41, 5.74) is 0. The van der Waals surface area contributed by atoms with Gasteiger partial charge in [-0.25, -0.2) is 4.79 Å². The van der Waals surface area contributed by atoms with Gasteiger partial charge in [-0.1, -0.05) is 6.92 Å². The molecule has 1 aliphatic rings. The smallest absolute Gasteiger partial charge is 0.320 e. The Morgan fingerprint density at radius 2 is 2.11 bits per heavy atom. The first kappa shape index (κ1) is 14.3. The van der Waals surface area contributed by atoms with E-state index in [0.717, 1.165) is 12.8 Å². The molecule has 0 bridgehead atoms. The minimum atomic E-state index is -0.912. The number of rotatable bonds is 6. The van der Waals surface area contributed by atoms with Gasteiger partial charge in [-0.3, -0.25) is 4.79 Å². The van der Waals surface area contributed by atoms with Crippen molar-refractivity contribution in [3.63, 3.8) is 0 Å². The summed E-state index contributed by atoms with van der Waals surface area (Å²) in [6, 6.07) is 2.08. The second kappa shape index (κ2) is 6.24. The van der Waals surface area contributed by atoms with Crippen LogP contribution in [0.1, 0.15) is 26.2 Å². The first-order chi connectivity index (χ1) is 8.47. The zero-order valence-corrected chi connectivity index (χ0v) is 10.8. The van der Waals surface area contributed by atoms with Crippen molar-refractivity contribution < 1.29 is 14.7 Å². The molecule has 1 N–H and O–H groups in total. The summed E-state index contributed by atoms with van der Waals surface area (Å²) in [7, 11) is 1.60. The Balaban J connectivity index is 2.54. The molecule has 100 valence electrons. The van der Waals surface area contributed by atoms with Crippen molar-refractivity contribution in [2.24, 2.45) is 5.92 Å². The number of carboxylic acid groups (broad SMARTS) is 1. The van der Waals surface area contributed by atoms with Crippen LogP contribution < -0.4 is 0 Å². The minimum absolute atomic E-state index is 0.180. The fraction of sp³-hybridized carbons (Fsp3) is 0.750. The van der Waals surface area contributed by atoms with Crippen LogP contribution in [0.25, 0.3) is 0 Å². The lowest BCUT2D eigenvalue weighted by atomic mass is 10.2. The minimum Gasteiger partial charge on any atom is -0.481 e. The maximum Gasteiger partial charge on any atom is 0.320 e. The molecule has 0 saturated heterocycles. The Morgan fingerprint density at radius 1 is 1.50 bits per heavy atom. The summed E-state index contributed by atoms with van der Waals surface area (Å²) >= 11 is 0. The van der Waals surface area contributed by atoms with Crippen molar-refractivity contribution in [1.82, 2.24) is 9.80 Å². The predicted molar refractivity (Wildman–Crippen MR) is 64.8 cm³/mol. The summed E-state index contributed by atoms with van der Waals surface area (Å²) < 4.78 is 0. The van der Waals surface area contributed by atoms with Crippen LogP contribution in [0.3, 0.4) is 0 Å². The van der Waals surface area contributed by atoms with E-state index in [1.54, 1.807) is 18.9 Å². The highest BCUT2D eigenvalue weighted by Gasteiger charge is 2.34. The molecule has 1 unspecified atom stereocenters. The lowest BCUT2D eigenvalue weighted by molar-refractivity contribution is -0.141. The van der Waals surface area contributed by atoms with Gasteiger partial charge in [0.25, 0.3) is 0 Å². The SMILES string of the molecule is CC(CN(C)C(=O)N(CCC#N)C1CC1)C(=O)O. The molecule has 0 aromatic rings. The molecular weight excluding hydrogens is 234 g/mol. The van der Waals surface area contributed by atoms with Crippen molar-refractivity contribution in [3.05, 3.63) is 0 Å². The van der Waals surface area contributed by atoms with Gasteiger partial charge in [0.05, 0.1) is 18.4 Å². The van der Waals surface area contributed by atoms with Crippen LogP contribution in [0.15, 0.2) is 0 Å². The van der Waals surface area contributed by atoms with Crippen LogP contribution in [0.2, 0.25) is 0 Å². The molecule has 18 heavy (non-hydrogen) atoms. The molecule has 0 radical (unpaired) electrons. The Morgan fingerprint density at radius 3 is 2.56 bits per heavy atom. The zero-order chi connectivity index (χ0) is 13.7. The molecule has 1 aliphatic carbocycles. The van der Waals surface area contributed by atoms with Gasteiger partial charge in [-0.15, -0.1) is 0 Å². The number of aliphatic carboxylic acids is 1. The van der Waals surface area contributed by atoms with Crippen LogP contribution in [0, 0.1) is 17.2 Å². The summed E-state index contributed by atoms with van der Waals surface area (Å²) in [6.07, 6.45) is 2.25. The van der Waals surface area contributed by atoms with Crippen molar-refractivity contribution in [3.8, 4) is 6.07 Å². The van der Waals surface area contributed by atoms with Crippen LogP contribution in [0.5, 0.6) is 0 Å². The van der Waals surface area contributed by atoms with E-state index in [-0.39, 0.29) is 18.6 Å². The standard InChI is InChI=1S/C12H19N3O3/c1-9(11(16)17)8-14(2)12(18)15(7-3-6-13)10-4-5-10/h9-10H,3-5,7-8H2,1-2H3,(H,16,17). The third kappa shape index (κ3) is 3.91. The van der Waals surface area contributed by atoms with Gasteiger partial charge in [-0.05, 0) is 12.8 Å². The van der Waals surface area contributed by atoms with Crippen LogP contribution in [0.4, 0.5) is 4.79 Å². The van der Waals surface area contributed by atoms with Gasteiger partial charge in [0.15, 0.2) is 0 Å². The predicted octanol–water partition coefficient (Wildman–Crippen LogP) is 1.14. The lowest BCUT2D eigenvalue weighted by Crippen LogP contribution is -2.45. The molecule has 1 rings (SSSR count). The van der Waals surface area contributed by atoms with E-state index in [2.05, 4.69) is 0 Å². The van der Waals surface area contributed by atoms with Crippen molar-refractivity contribution >= 4 is 12.0 Å². The summed E-state index contributed by atoms with van der Waals surface area (Å²) in [6.45, 7) is 2.18. The zero-order valence-electron chi connectivity index (χ0n) is 10.8. The monoisotopic (exact) mass is 253 g/mol. The number of hydrogen-bond acceptors (Lipinski definition) is 3. The number of nitriles is 1. The number of carbonyl (C=O) groups excluding carboxylic acids is 1. The normalized spacial score (nSPS) is 15.6. The molecular formula is C12H19N3O3. The summed E-state index contributed by atoms with van der Waals surface area (Å²) in [5, 5.41) is 17.4. The fourth-order valence-electron chi connectivity index (χ4n) is 1.78. The topological polar surface area (TPSA) is 84.6 Å². The highest BCUT2D eigenvalue weighted by Crippen LogP contribution is 2.27. The van der Waals surface area contributed by atoms with E-state index in [1.807, 2.05) is 6.07 Å². The Bertz CT molecular complexity index is 360. The molecule has 6 nitrogen and oxygen atoms in total. The van der Waals surface area contributed by atoms with E-state index in [4.69, 9.17) is 10.4 Å². The van der Waals surface area contributed by atoms with Gasteiger partial charge in [0.1, 0.15) is 0 Å². The Kier molecular flexibility index (Phi) is 4.95. The number of urea groups is 1. The molecule has 0 spiro atoms. The number of amides is 2. The summed E-state index contributed by atoms with van der Waals surface area (Å²) in [4.78, 5) is 26.0. The van der Waals surface area contributed by atoms with Gasteiger partial charge >= 0.3 is 12.0 Å².